The number of nitrogens with zero attached hydrogens (tertiary/aromatic N) is 2. The number of ketones is 1. The summed E-state index contributed by atoms with van der Waals surface area (Å²) in [6.07, 6.45) is 4.47. The Bertz CT molecular complexity index is 1320. The summed E-state index contributed by atoms with van der Waals surface area (Å²) in [6.45, 7) is 2.03. The van der Waals surface area contributed by atoms with Gasteiger partial charge in [0.2, 0.25) is 0 Å². The van der Waals surface area contributed by atoms with E-state index in [-0.39, 0.29) is 17.7 Å². The number of esters is 1. The maximum Gasteiger partial charge on any atom is 0.337 e. The number of benzene rings is 2. The second kappa shape index (κ2) is 9.60. The molecule has 172 valence electrons. The molecule has 1 atom stereocenters. The SMILES string of the molecule is COC(=O)c1ccc([C@H](C)CC(=O)c2nc(-c3ncc(-c4ccccc4)s3)sc2C2CC2)cc1. The van der Waals surface area contributed by atoms with Gasteiger partial charge in [-0.15, -0.1) is 22.7 Å². The van der Waals surface area contributed by atoms with Crippen LogP contribution < -0.4 is 0 Å². The first-order valence-corrected chi connectivity index (χ1v) is 12.9. The zero-order valence-electron chi connectivity index (χ0n) is 19.0. The number of hydrogen-bond acceptors (Lipinski definition) is 7. The molecule has 0 bridgehead atoms. The van der Waals surface area contributed by atoms with Gasteiger partial charge in [0.1, 0.15) is 5.69 Å². The Morgan fingerprint density at radius 2 is 1.76 bits per heavy atom. The fourth-order valence-corrected chi connectivity index (χ4v) is 6.11. The van der Waals surface area contributed by atoms with Crippen LogP contribution in [0.1, 0.15) is 69.3 Å². The molecule has 0 saturated heterocycles. The van der Waals surface area contributed by atoms with Gasteiger partial charge in [-0.2, -0.15) is 0 Å². The average Bonchev–Trinajstić information content (AvgIpc) is 3.42. The summed E-state index contributed by atoms with van der Waals surface area (Å²) in [6, 6.07) is 17.4. The molecule has 5 nitrogen and oxygen atoms in total. The Morgan fingerprint density at radius 1 is 1.03 bits per heavy atom. The van der Waals surface area contributed by atoms with Crippen molar-refractivity contribution in [1.82, 2.24) is 9.97 Å². The van der Waals surface area contributed by atoms with E-state index in [0.29, 0.717) is 23.6 Å². The monoisotopic (exact) mass is 488 g/mol. The minimum absolute atomic E-state index is 0.0148. The van der Waals surface area contributed by atoms with Gasteiger partial charge in [-0.1, -0.05) is 49.4 Å². The predicted octanol–water partition coefficient (Wildman–Crippen LogP) is 6.97. The van der Waals surface area contributed by atoms with Crippen LogP contribution in [0.3, 0.4) is 0 Å². The van der Waals surface area contributed by atoms with E-state index in [2.05, 4.69) is 17.1 Å². The molecule has 0 N–H and O–H groups in total. The van der Waals surface area contributed by atoms with E-state index in [0.717, 1.165) is 43.7 Å². The molecule has 1 fully saturated rings. The molecule has 0 unspecified atom stereocenters. The molecule has 1 saturated carbocycles. The molecule has 2 heterocycles. The first kappa shape index (κ1) is 22.6. The van der Waals surface area contributed by atoms with Crippen LogP contribution in [0.2, 0.25) is 0 Å². The van der Waals surface area contributed by atoms with Crippen molar-refractivity contribution >= 4 is 34.4 Å². The van der Waals surface area contributed by atoms with E-state index in [1.54, 1.807) is 34.8 Å². The van der Waals surface area contributed by atoms with Crippen molar-refractivity contribution in [2.45, 2.75) is 38.0 Å². The molecule has 1 aliphatic rings. The number of carbonyl (C=O) groups excluding carboxylic acids is 2. The number of hydrogen-bond donors (Lipinski definition) is 0. The summed E-state index contributed by atoms with van der Waals surface area (Å²) in [4.78, 5) is 36.6. The Labute approximate surface area is 206 Å². The van der Waals surface area contributed by atoms with E-state index in [9.17, 15) is 9.59 Å². The smallest absolute Gasteiger partial charge is 0.337 e. The molecular formula is C27H24N2O3S2. The topological polar surface area (TPSA) is 69.2 Å². The molecule has 34 heavy (non-hydrogen) atoms. The van der Waals surface area contributed by atoms with Gasteiger partial charge in [0, 0.05) is 17.5 Å². The van der Waals surface area contributed by atoms with Gasteiger partial charge in [0.25, 0.3) is 0 Å². The van der Waals surface area contributed by atoms with Gasteiger partial charge < -0.3 is 4.74 Å². The van der Waals surface area contributed by atoms with E-state index in [4.69, 9.17) is 9.72 Å². The van der Waals surface area contributed by atoms with Gasteiger partial charge in [0.05, 0.1) is 17.6 Å². The van der Waals surface area contributed by atoms with Crippen LogP contribution >= 0.6 is 22.7 Å². The quantitative estimate of drug-likeness (QED) is 0.198. The molecular weight excluding hydrogens is 464 g/mol. The van der Waals surface area contributed by atoms with Crippen LogP contribution in [0, 0.1) is 0 Å². The fourth-order valence-electron chi connectivity index (χ4n) is 3.91. The van der Waals surface area contributed by atoms with E-state index in [1.807, 2.05) is 43.5 Å². The van der Waals surface area contributed by atoms with E-state index < -0.39 is 0 Å². The lowest BCUT2D eigenvalue weighted by molar-refractivity contribution is 0.0600. The van der Waals surface area contributed by atoms with Crippen LogP contribution in [-0.4, -0.2) is 28.8 Å². The third-order valence-corrected chi connectivity index (χ3v) is 8.41. The van der Waals surface area contributed by atoms with Crippen LogP contribution in [0.4, 0.5) is 0 Å². The number of thiazole rings is 2. The molecule has 0 amide bonds. The second-order valence-corrected chi connectivity index (χ2v) is 10.6. The van der Waals surface area contributed by atoms with Crippen LogP contribution in [0.25, 0.3) is 20.5 Å². The number of methoxy groups -OCH3 is 1. The highest BCUT2D eigenvalue weighted by Gasteiger charge is 2.33. The molecule has 0 aliphatic heterocycles. The number of Topliss-reactive ketones (excluding diaryl/α,β-unsaturated/α-hetero) is 1. The minimum Gasteiger partial charge on any atom is -0.465 e. The summed E-state index contributed by atoms with van der Waals surface area (Å²) in [5.74, 6) is 0.153. The Hall–Kier alpha value is -3.16. The van der Waals surface area contributed by atoms with Crippen molar-refractivity contribution in [3.8, 4) is 20.5 Å². The second-order valence-electron chi connectivity index (χ2n) is 8.54. The highest BCUT2D eigenvalue weighted by molar-refractivity contribution is 7.23. The van der Waals surface area contributed by atoms with Gasteiger partial charge in [-0.3, -0.25) is 4.79 Å². The first-order valence-electron chi connectivity index (χ1n) is 11.3. The van der Waals surface area contributed by atoms with Gasteiger partial charge >= 0.3 is 5.97 Å². The zero-order valence-corrected chi connectivity index (χ0v) is 20.6. The number of carbonyl (C=O) groups is 2. The first-order chi connectivity index (χ1) is 16.5. The minimum atomic E-state index is -0.364. The molecule has 1 aliphatic carbocycles. The Kier molecular flexibility index (Phi) is 6.39. The van der Waals surface area contributed by atoms with Crippen molar-refractivity contribution in [1.29, 1.82) is 0 Å². The Morgan fingerprint density at radius 3 is 2.44 bits per heavy atom. The lowest BCUT2D eigenvalue weighted by atomic mass is 9.93. The van der Waals surface area contributed by atoms with Crippen molar-refractivity contribution < 1.29 is 14.3 Å². The van der Waals surface area contributed by atoms with Crippen LogP contribution in [0.15, 0.2) is 60.8 Å². The van der Waals surface area contributed by atoms with Crippen LogP contribution in [-0.2, 0) is 4.74 Å². The van der Waals surface area contributed by atoms with E-state index >= 15 is 0 Å². The Balaban J connectivity index is 1.36. The molecule has 4 aromatic rings. The lowest BCUT2D eigenvalue weighted by Crippen LogP contribution is -2.08. The van der Waals surface area contributed by atoms with E-state index in [1.165, 1.54) is 7.11 Å². The number of ether oxygens (including phenoxy) is 1. The molecule has 0 radical (unpaired) electrons. The average molecular weight is 489 g/mol. The summed E-state index contributed by atoms with van der Waals surface area (Å²) in [5, 5.41) is 1.68. The highest BCUT2D eigenvalue weighted by atomic mass is 32.1. The predicted molar refractivity (Wildman–Crippen MR) is 136 cm³/mol. The van der Waals surface area contributed by atoms with Crippen LogP contribution in [0.5, 0.6) is 0 Å². The highest BCUT2D eigenvalue weighted by Crippen LogP contribution is 2.47. The van der Waals surface area contributed by atoms with Crippen molar-refractivity contribution in [3.05, 3.63) is 82.5 Å². The van der Waals surface area contributed by atoms with Crippen molar-refractivity contribution in [2.75, 3.05) is 7.11 Å². The lowest BCUT2D eigenvalue weighted by Gasteiger charge is -2.11. The molecule has 2 aromatic heterocycles. The maximum atomic E-state index is 13.3. The number of rotatable bonds is 8. The summed E-state index contributed by atoms with van der Waals surface area (Å²) in [5.41, 5.74) is 3.26. The fraction of sp³-hybridized carbons (Fsp3) is 0.259. The van der Waals surface area contributed by atoms with Crippen molar-refractivity contribution in [2.24, 2.45) is 0 Å². The van der Waals surface area contributed by atoms with Gasteiger partial charge in [0.15, 0.2) is 15.8 Å². The zero-order chi connectivity index (χ0) is 23.7. The molecule has 0 spiro atoms. The van der Waals surface area contributed by atoms with Crippen molar-refractivity contribution in [3.63, 3.8) is 0 Å². The normalized spacial score (nSPS) is 14.1. The molecule has 2 aromatic carbocycles. The summed E-state index contributed by atoms with van der Waals surface area (Å²) in [7, 11) is 1.37. The summed E-state index contributed by atoms with van der Waals surface area (Å²) < 4.78 is 4.76. The van der Waals surface area contributed by atoms with Gasteiger partial charge in [-0.05, 0) is 47.9 Å². The standard InChI is InChI=1S/C27H24N2O3S2/c1-16(17-8-12-20(13-9-17)27(31)32-2)14-21(30)23-24(19-10-11-19)34-26(29-23)25-28-15-22(33-25)18-6-4-3-5-7-18/h3-9,12-13,15-16,19H,10-11,14H2,1-2H3/t16-/m1/s1. The molecule has 5 rings (SSSR count). The third-order valence-electron chi connectivity index (χ3n) is 6.00. The maximum absolute atomic E-state index is 13.3. The number of aromatic nitrogens is 2. The van der Waals surface area contributed by atoms with Gasteiger partial charge in [-0.25, -0.2) is 14.8 Å². The largest absolute Gasteiger partial charge is 0.465 e. The summed E-state index contributed by atoms with van der Waals surface area (Å²) >= 11 is 3.22. The third kappa shape index (κ3) is 4.72. The molecule has 7 heteroatoms.